The van der Waals surface area contributed by atoms with E-state index in [1.54, 1.807) is 11.2 Å². The number of sulfonamides is 1. The third-order valence-electron chi connectivity index (χ3n) is 3.54. The van der Waals surface area contributed by atoms with Gasteiger partial charge in [-0.05, 0) is 25.2 Å². The molecule has 0 saturated carbocycles. The van der Waals surface area contributed by atoms with Gasteiger partial charge in [0.15, 0.2) is 0 Å². The Balaban J connectivity index is 1.96. The van der Waals surface area contributed by atoms with E-state index in [0.29, 0.717) is 5.41 Å². The van der Waals surface area contributed by atoms with Crippen LogP contribution in [0.25, 0.3) is 0 Å². The second kappa shape index (κ2) is 3.47. The molecule has 0 radical (unpaired) electrons. The van der Waals surface area contributed by atoms with Crippen LogP contribution in [0.15, 0.2) is 0 Å². The van der Waals surface area contributed by atoms with E-state index in [1.165, 1.54) is 0 Å². The molecule has 0 aliphatic carbocycles. The first kappa shape index (κ1) is 10.4. The predicted octanol–water partition coefficient (Wildman–Crippen LogP) is 0.0215. The molecule has 0 aromatic heterocycles. The number of nitrogens with zero attached hydrogens (tertiary/aromatic N) is 1. The van der Waals surface area contributed by atoms with E-state index in [1.807, 2.05) is 0 Å². The summed E-state index contributed by atoms with van der Waals surface area (Å²) < 4.78 is 24.8. The van der Waals surface area contributed by atoms with Crippen LogP contribution in [0.5, 0.6) is 0 Å². The van der Waals surface area contributed by atoms with Crippen molar-refractivity contribution < 1.29 is 8.42 Å². The zero-order chi connectivity index (χ0) is 10.2. The molecular weight excluding hydrogens is 200 g/mol. The van der Waals surface area contributed by atoms with Crippen LogP contribution in [0.1, 0.15) is 19.8 Å². The van der Waals surface area contributed by atoms with Crippen molar-refractivity contribution in [3.05, 3.63) is 0 Å². The minimum absolute atomic E-state index is 0.234. The molecule has 0 atom stereocenters. The molecule has 0 bridgehead atoms. The van der Waals surface area contributed by atoms with E-state index in [0.717, 1.165) is 39.0 Å². The number of hydrogen-bond acceptors (Lipinski definition) is 3. The molecular formula is C9H18N2O2S. The molecule has 0 unspecified atom stereocenters. The van der Waals surface area contributed by atoms with Gasteiger partial charge < -0.3 is 5.32 Å². The van der Waals surface area contributed by atoms with Crippen molar-refractivity contribution in [3.63, 3.8) is 0 Å². The van der Waals surface area contributed by atoms with Crippen LogP contribution in [0.4, 0.5) is 0 Å². The topological polar surface area (TPSA) is 49.4 Å². The number of rotatable bonds is 2. The van der Waals surface area contributed by atoms with Crippen molar-refractivity contribution in [1.82, 2.24) is 9.62 Å². The highest BCUT2D eigenvalue weighted by Crippen LogP contribution is 2.35. The maximum atomic E-state index is 11.6. The van der Waals surface area contributed by atoms with Crippen LogP contribution >= 0.6 is 0 Å². The first-order valence-corrected chi connectivity index (χ1v) is 6.87. The largest absolute Gasteiger partial charge is 0.316 e. The van der Waals surface area contributed by atoms with E-state index >= 15 is 0 Å². The van der Waals surface area contributed by atoms with Gasteiger partial charge in [0.1, 0.15) is 0 Å². The third-order valence-corrected chi connectivity index (χ3v) is 5.42. The summed E-state index contributed by atoms with van der Waals surface area (Å²) in [4.78, 5) is 0. The molecule has 0 amide bonds. The van der Waals surface area contributed by atoms with E-state index in [9.17, 15) is 8.42 Å². The molecule has 2 fully saturated rings. The Hall–Kier alpha value is -0.130. The summed E-state index contributed by atoms with van der Waals surface area (Å²) in [7, 11) is -2.94. The van der Waals surface area contributed by atoms with Gasteiger partial charge in [-0.1, -0.05) is 0 Å². The molecule has 82 valence electrons. The minimum Gasteiger partial charge on any atom is -0.316 e. The molecule has 2 aliphatic rings. The molecule has 1 N–H and O–H groups in total. The Bertz CT molecular complexity index is 299. The lowest BCUT2D eigenvalue weighted by atomic mass is 9.74. The van der Waals surface area contributed by atoms with Gasteiger partial charge in [0.25, 0.3) is 0 Å². The summed E-state index contributed by atoms with van der Waals surface area (Å²) in [5, 5.41) is 3.27. The predicted molar refractivity (Wildman–Crippen MR) is 55.6 cm³/mol. The maximum Gasteiger partial charge on any atom is 0.213 e. The Morgan fingerprint density at radius 3 is 2.21 bits per heavy atom. The van der Waals surface area contributed by atoms with Crippen LogP contribution in [-0.4, -0.2) is 44.7 Å². The van der Waals surface area contributed by atoms with Gasteiger partial charge in [-0.2, -0.15) is 0 Å². The van der Waals surface area contributed by atoms with Crippen molar-refractivity contribution >= 4 is 10.0 Å². The number of nitrogens with one attached hydrogen (secondary N) is 1. The molecule has 2 heterocycles. The van der Waals surface area contributed by atoms with Gasteiger partial charge in [-0.25, -0.2) is 12.7 Å². The summed E-state index contributed by atoms with van der Waals surface area (Å²) >= 11 is 0. The molecule has 1 spiro atoms. The molecule has 0 aromatic carbocycles. The third kappa shape index (κ3) is 1.68. The van der Waals surface area contributed by atoms with Crippen LogP contribution in [0.2, 0.25) is 0 Å². The summed E-state index contributed by atoms with van der Waals surface area (Å²) in [6.45, 7) is 5.31. The lowest BCUT2D eigenvalue weighted by Gasteiger charge is -2.47. The van der Waals surface area contributed by atoms with Crippen LogP contribution in [0, 0.1) is 5.41 Å². The Morgan fingerprint density at radius 2 is 1.86 bits per heavy atom. The van der Waals surface area contributed by atoms with E-state index in [4.69, 9.17) is 0 Å². The Kier molecular flexibility index (Phi) is 2.57. The van der Waals surface area contributed by atoms with Crippen LogP contribution < -0.4 is 5.32 Å². The Labute approximate surface area is 85.7 Å². The SMILES string of the molecule is CCS(=O)(=O)N1CCC2(CC1)CNC2. The summed E-state index contributed by atoms with van der Waals surface area (Å²) in [5.41, 5.74) is 0.430. The van der Waals surface area contributed by atoms with E-state index in [2.05, 4.69) is 5.32 Å². The van der Waals surface area contributed by atoms with Crippen molar-refractivity contribution in [2.75, 3.05) is 31.9 Å². The molecule has 2 aliphatic heterocycles. The van der Waals surface area contributed by atoms with E-state index in [-0.39, 0.29) is 5.75 Å². The first-order valence-electron chi connectivity index (χ1n) is 5.27. The summed E-state index contributed by atoms with van der Waals surface area (Å²) in [5.74, 6) is 0.234. The van der Waals surface area contributed by atoms with Crippen molar-refractivity contribution in [1.29, 1.82) is 0 Å². The summed E-state index contributed by atoms with van der Waals surface area (Å²) in [6, 6.07) is 0. The molecule has 2 saturated heterocycles. The lowest BCUT2D eigenvalue weighted by molar-refractivity contribution is 0.0871. The molecule has 0 aromatic rings. The fourth-order valence-corrected chi connectivity index (χ4v) is 3.36. The first-order chi connectivity index (χ1) is 6.58. The minimum atomic E-state index is -2.94. The second-order valence-electron chi connectivity index (χ2n) is 4.40. The summed E-state index contributed by atoms with van der Waals surface area (Å²) in [6.07, 6.45) is 2.05. The molecule has 14 heavy (non-hydrogen) atoms. The quantitative estimate of drug-likeness (QED) is 0.711. The van der Waals surface area contributed by atoms with Crippen LogP contribution in [-0.2, 0) is 10.0 Å². The van der Waals surface area contributed by atoms with Crippen LogP contribution in [0.3, 0.4) is 0 Å². The Morgan fingerprint density at radius 1 is 1.29 bits per heavy atom. The molecule has 5 heteroatoms. The maximum absolute atomic E-state index is 11.6. The highest BCUT2D eigenvalue weighted by Gasteiger charge is 2.41. The number of hydrogen-bond donors (Lipinski definition) is 1. The van der Waals surface area contributed by atoms with Gasteiger partial charge in [0.05, 0.1) is 5.75 Å². The van der Waals surface area contributed by atoms with Gasteiger partial charge in [-0.3, -0.25) is 0 Å². The van der Waals surface area contributed by atoms with Crippen molar-refractivity contribution in [3.8, 4) is 0 Å². The van der Waals surface area contributed by atoms with Gasteiger partial charge in [-0.15, -0.1) is 0 Å². The zero-order valence-corrected chi connectivity index (χ0v) is 9.44. The molecule has 2 rings (SSSR count). The standard InChI is InChI=1S/C9H18N2O2S/c1-2-14(12,13)11-5-3-9(4-6-11)7-10-8-9/h10H,2-8H2,1H3. The van der Waals surface area contributed by atoms with Gasteiger partial charge in [0, 0.05) is 26.2 Å². The second-order valence-corrected chi connectivity index (χ2v) is 6.66. The fraction of sp³-hybridized carbons (Fsp3) is 1.00. The van der Waals surface area contributed by atoms with Crippen molar-refractivity contribution in [2.24, 2.45) is 5.41 Å². The normalized spacial score (nSPS) is 27.5. The highest BCUT2D eigenvalue weighted by atomic mass is 32.2. The highest BCUT2D eigenvalue weighted by molar-refractivity contribution is 7.89. The fourth-order valence-electron chi connectivity index (χ4n) is 2.25. The average molecular weight is 218 g/mol. The smallest absolute Gasteiger partial charge is 0.213 e. The monoisotopic (exact) mass is 218 g/mol. The van der Waals surface area contributed by atoms with E-state index < -0.39 is 10.0 Å². The average Bonchev–Trinajstić information content (AvgIpc) is 2.16. The van der Waals surface area contributed by atoms with Gasteiger partial charge in [0.2, 0.25) is 10.0 Å². The lowest BCUT2D eigenvalue weighted by Crippen LogP contribution is -2.58. The number of piperidine rings is 1. The zero-order valence-electron chi connectivity index (χ0n) is 8.62. The van der Waals surface area contributed by atoms with Crippen molar-refractivity contribution in [2.45, 2.75) is 19.8 Å². The molecule has 4 nitrogen and oxygen atoms in total. The van der Waals surface area contributed by atoms with Gasteiger partial charge >= 0.3 is 0 Å².